The van der Waals surface area contributed by atoms with Gasteiger partial charge in [-0.25, -0.2) is 0 Å². The Morgan fingerprint density at radius 1 is 0.758 bits per heavy atom. The number of hydrogen-bond donors (Lipinski definition) is 11. The summed E-state index contributed by atoms with van der Waals surface area (Å²) in [5, 5.41) is 34.7. The summed E-state index contributed by atoms with van der Waals surface area (Å²) >= 11 is 0.809. The first kappa shape index (κ1) is 54.1. The summed E-state index contributed by atoms with van der Waals surface area (Å²) in [7, 11) is 0. The number of nitrogens with one attached hydrogen (secondary N) is 8. The van der Waals surface area contributed by atoms with E-state index in [4.69, 9.17) is 21.6 Å². The molecule has 0 aliphatic rings. The predicted molar refractivity (Wildman–Crippen MR) is 231 cm³/mol. The molecule has 1 aromatic carbocycles. The number of carbonyl (C=O) groups excluding carboxylic acids is 9. The van der Waals surface area contributed by atoms with Gasteiger partial charge in [0.15, 0.2) is 5.96 Å². The monoisotopic (exact) mass is 892 g/mol. The minimum atomic E-state index is -1.56. The zero-order valence-electron chi connectivity index (χ0n) is 36.4. The fraction of sp³-hybridized carbons (Fsp3) is 0.600. The van der Waals surface area contributed by atoms with E-state index < -0.39 is 101 Å². The third-order valence-electron chi connectivity index (χ3n) is 8.89. The van der Waals surface area contributed by atoms with Gasteiger partial charge >= 0.3 is 5.97 Å². The number of phenols is 1. The second-order valence-corrected chi connectivity index (χ2v) is 16.4. The molecule has 0 saturated carbocycles. The Labute approximate surface area is 366 Å². The van der Waals surface area contributed by atoms with Crippen molar-refractivity contribution in [3.63, 3.8) is 0 Å². The number of ether oxygens (including phenoxy) is 1. The number of phenolic OH excluding ortho intramolecular Hbond substituents is 1. The summed E-state index contributed by atoms with van der Waals surface area (Å²) in [5.74, 6) is -6.79. The molecular weight excluding hydrogens is 829 g/mol. The Morgan fingerprint density at radius 2 is 1.32 bits per heavy atom. The van der Waals surface area contributed by atoms with Gasteiger partial charge in [0.25, 0.3) is 0 Å². The lowest BCUT2D eigenvalue weighted by molar-refractivity contribution is -0.142. The highest BCUT2D eigenvalue weighted by molar-refractivity contribution is 8.13. The number of carbonyl (C=O) groups is 9. The fourth-order valence-corrected chi connectivity index (χ4v) is 6.74. The van der Waals surface area contributed by atoms with E-state index >= 15 is 0 Å². The van der Waals surface area contributed by atoms with E-state index in [9.17, 15) is 48.3 Å². The van der Waals surface area contributed by atoms with Gasteiger partial charge in [-0.05, 0) is 62.6 Å². The number of benzene rings is 1. The lowest BCUT2D eigenvalue weighted by Crippen LogP contribution is -2.59. The van der Waals surface area contributed by atoms with E-state index in [0.29, 0.717) is 5.56 Å². The largest absolute Gasteiger partial charge is 0.508 e. The predicted octanol–water partition coefficient (Wildman–Crippen LogP) is -1.06. The van der Waals surface area contributed by atoms with E-state index in [1.54, 1.807) is 32.9 Å². The van der Waals surface area contributed by atoms with Crippen LogP contribution in [0.2, 0.25) is 0 Å². The van der Waals surface area contributed by atoms with Crippen LogP contribution in [-0.4, -0.2) is 119 Å². The molecule has 21 nitrogen and oxygen atoms in total. The zero-order chi connectivity index (χ0) is 47.1. The van der Waals surface area contributed by atoms with Crippen molar-refractivity contribution in [2.24, 2.45) is 23.3 Å². The van der Waals surface area contributed by atoms with Crippen LogP contribution in [0.25, 0.3) is 0 Å². The summed E-state index contributed by atoms with van der Waals surface area (Å²) in [6.45, 7) is 11.5. The Morgan fingerprint density at radius 3 is 1.87 bits per heavy atom. The summed E-state index contributed by atoms with van der Waals surface area (Å²) < 4.78 is 4.87. The maximum atomic E-state index is 14.0. The molecule has 0 aromatic heterocycles. The number of amides is 7. The van der Waals surface area contributed by atoms with Crippen molar-refractivity contribution in [3.05, 3.63) is 29.8 Å². The highest BCUT2D eigenvalue weighted by atomic mass is 32.2. The Hall–Kier alpha value is -5.93. The molecule has 0 bridgehead atoms. The molecule has 7 amide bonds. The molecule has 0 aliphatic carbocycles. The van der Waals surface area contributed by atoms with Crippen LogP contribution in [-0.2, 0) is 54.3 Å². The van der Waals surface area contributed by atoms with Crippen LogP contribution in [0.5, 0.6) is 5.75 Å². The quantitative estimate of drug-likeness (QED) is 0.0217. The number of thioether (sulfide) groups is 1. The second kappa shape index (κ2) is 27.8. The van der Waals surface area contributed by atoms with E-state index in [0.717, 1.165) is 11.8 Å². The average molecular weight is 893 g/mol. The molecule has 13 N–H and O–H groups in total. The van der Waals surface area contributed by atoms with Crippen LogP contribution in [0.1, 0.15) is 86.1 Å². The average Bonchev–Trinajstić information content (AvgIpc) is 3.17. The van der Waals surface area contributed by atoms with Crippen LogP contribution >= 0.6 is 11.8 Å². The van der Waals surface area contributed by atoms with Crippen molar-refractivity contribution < 1.29 is 53.0 Å². The zero-order valence-corrected chi connectivity index (χ0v) is 37.2. The van der Waals surface area contributed by atoms with E-state index in [-0.39, 0.29) is 68.6 Å². The molecule has 0 aliphatic heterocycles. The van der Waals surface area contributed by atoms with Crippen LogP contribution in [0.4, 0.5) is 0 Å². The summed E-state index contributed by atoms with van der Waals surface area (Å²) in [5.41, 5.74) is 11.3. The smallest absolute Gasteiger partial charge is 0.306 e. The molecule has 1 aromatic rings. The van der Waals surface area contributed by atoms with Gasteiger partial charge in [0.1, 0.15) is 42.0 Å². The van der Waals surface area contributed by atoms with Crippen molar-refractivity contribution in [1.29, 1.82) is 5.41 Å². The summed E-state index contributed by atoms with van der Waals surface area (Å²) in [6.07, 6.45) is -0.410. The molecule has 22 heteroatoms. The molecule has 1 rings (SSSR count). The molecule has 6 atom stereocenters. The van der Waals surface area contributed by atoms with Gasteiger partial charge in [-0.15, -0.1) is 0 Å². The topological polar surface area (TPSA) is 343 Å². The normalized spacial score (nSPS) is 13.8. The van der Waals surface area contributed by atoms with Crippen molar-refractivity contribution in [3.8, 4) is 5.75 Å². The molecule has 0 heterocycles. The highest BCUT2D eigenvalue weighted by Crippen LogP contribution is 2.16. The molecule has 346 valence electrons. The van der Waals surface area contributed by atoms with E-state index in [1.807, 2.05) is 13.8 Å². The third-order valence-corrected chi connectivity index (χ3v) is 9.84. The Bertz CT molecular complexity index is 1730. The highest BCUT2D eigenvalue weighted by Gasteiger charge is 2.33. The van der Waals surface area contributed by atoms with Crippen LogP contribution in [0.3, 0.4) is 0 Å². The number of esters is 1. The summed E-state index contributed by atoms with van der Waals surface area (Å²) in [4.78, 5) is 117. The fourth-order valence-electron chi connectivity index (χ4n) is 5.76. The van der Waals surface area contributed by atoms with Gasteiger partial charge in [0.2, 0.25) is 46.5 Å². The van der Waals surface area contributed by atoms with Crippen molar-refractivity contribution in [1.82, 2.24) is 37.2 Å². The van der Waals surface area contributed by atoms with Crippen molar-refractivity contribution >= 4 is 70.2 Å². The lowest BCUT2D eigenvalue weighted by atomic mass is 10.0. The van der Waals surface area contributed by atoms with Gasteiger partial charge in [-0.3, -0.25) is 48.6 Å². The standard InChI is InChI=1S/C40H64N10O11S/c1-8-61-32(54)15-17-62-39(60)33(22(4)5)50-38(59)30(20-31(41)53)48-34(55)23(6)45-35(56)27(10-9-16-44-40(42)43)47-37(58)29(19-25-11-13-26(52)14-12-25)49-36(57)28(18-21(2)3)46-24(7)51/h11-14,21-23,27-30,33,52H,8-10,15-20H2,1-7H3,(H2,41,53)(H,45,56)(H,46,51)(H,47,58)(H,48,55)(H,49,57)(H,50,59)(H4,42,43,44)/t23-,27-,28-,29-,30-,33-/m0/s1. The lowest BCUT2D eigenvalue weighted by Gasteiger charge is -2.27. The first-order valence-electron chi connectivity index (χ1n) is 20.3. The number of rotatable bonds is 27. The first-order chi connectivity index (χ1) is 29.0. The molecule has 0 fully saturated rings. The first-order valence-corrected chi connectivity index (χ1v) is 21.3. The molecular formula is C40H64N10O11S. The number of primary amides is 1. The summed E-state index contributed by atoms with van der Waals surface area (Å²) in [6, 6.07) is -1.76. The maximum Gasteiger partial charge on any atom is 0.306 e. The number of hydrogen-bond acceptors (Lipinski definition) is 13. The number of guanidine groups is 1. The number of nitrogens with two attached hydrogens (primary N) is 2. The van der Waals surface area contributed by atoms with Crippen LogP contribution < -0.4 is 48.7 Å². The SMILES string of the molecule is CCOC(=O)CCSC(=O)[C@@H](NC(=O)[C@H](CC(N)=O)NC(=O)[C@H](C)NC(=O)[C@H](CCCNC(=N)N)NC(=O)[C@H](Cc1ccc(O)cc1)NC(=O)[C@H](CC(C)C)NC(C)=O)C(C)C. The van der Waals surface area contributed by atoms with E-state index in [1.165, 1.54) is 26.0 Å². The molecule has 0 spiro atoms. The molecule has 0 unspecified atom stereocenters. The Balaban J connectivity index is 3.30. The maximum absolute atomic E-state index is 14.0. The van der Waals surface area contributed by atoms with Crippen molar-refractivity contribution in [2.45, 2.75) is 123 Å². The van der Waals surface area contributed by atoms with Crippen LogP contribution in [0, 0.1) is 17.2 Å². The third kappa shape index (κ3) is 21.5. The number of aromatic hydroxyl groups is 1. The van der Waals surface area contributed by atoms with Gasteiger partial charge in [-0.1, -0.05) is 51.6 Å². The van der Waals surface area contributed by atoms with Gasteiger partial charge in [0.05, 0.1) is 19.4 Å². The molecule has 0 radical (unpaired) electrons. The van der Waals surface area contributed by atoms with Crippen molar-refractivity contribution in [2.75, 3.05) is 18.9 Å². The van der Waals surface area contributed by atoms with E-state index in [2.05, 4.69) is 37.2 Å². The molecule has 0 saturated heterocycles. The van der Waals surface area contributed by atoms with Gasteiger partial charge < -0.3 is 58.5 Å². The second-order valence-electron chi connectivity index (χ2n) is 15.3. The van der Waals surface area contributed by atoms with Crippen LogP contribution in [0.15, 0.2) is 24.3 Å². The minimum Gasteiger partial charge on any atom is -0.508 e. The van der Waals surface area contributed by atoms with Gasteiger partial charge in [-0.2, -0.15) is 0 Å². The molecule has 62 heavy (non-hydrogen) atoms. The Kier molecular flexibility index (Phi) is 24.3. The van der Waals surface area contributed by atoms with Gasteiger partial charge in [0, 0.05) is 25.6 Å². The minimum absolute atomic E-state index is 0.0150.